The minimum Gasteiger partial charge on any atom is -0.325 e. The van der Waals surface area contributed by atoms with Crippen LogP contribution in [0.4, 0.5) is 36.8 Å². The molecular weight excluding hydrogens is 474 g/mol. The first kappa shape index (κ1) is 24.0. The summed E-state index contributed by atoms with van der Waals surface area (Å²) in [6, 6.07) is 11.3. The van der Waals surface area contributed by atoms with Gasteiger partial charge in [0.05, 0.1) is 28.4 Å². The molecule has 2 heterocycles. The number of anilines is 1. The van der Waals surface area contributed by atoms with Gasteiger partial charge >= 0.3 is 18.4 Å². The number of carbonyl (C=O) groups is 1. The Balaban J connectivity index is 1.68. The van der Waals surface area contributed by atoms with Crippen molar-refractivity contribution in [3.05, 3.63) is 102 Å². The maximum atomic E-state index is 13.7. The van der Waals surface area contributed by atoms with E-state index in [2.05, 4.69) is 20.6 Å². The van der Waals surface area contributed by atoms with E-state index in [1.54, 1.807) is 36.5 Å². The second-order valence-corrected chi connectivity index (χ2v) is 7.50. The van der Waals surface area contributed by atoms with Crippen LogP contribution in [0.15, 0.2) is 79.1 Å². The fourth-order valence-corrected chi connectivity index (χ4v) is 3.51. The van der Waals surface area contributed by atoms with E-state index < -0.39 is 41.2 Å². The Morgan fingerprint density at radius 2 is 1.49 bits per heavy atom. The molecule has 2 N–H and O–H groups in total. The Labute approximate surface area is 194 Å². The van der Waals surface area contributed by atoms with Crippen molar-refractivity contribution in [1.82, 2.24) is 15.3 Å². The number of halogens is 6. The first-order chi connectivity index (χ1) is 16.5. The Morgan fingerprint density at radius 1 is 0.800 bits per heavy atom. The molecule has 5 nitrogen and oxygen atoms in total. The van der Waals surface area contributed by atoms with Gasteiger partial charge in [-0.05, 0) is 54.1 Å². The maximum Gasteiger partial charge on any atom is 0.418 e. The Hall–Kier alpha value is -4.15. The summed E-state index contributed by atoms with van der Waals surface area (Å²) in [5.74, 6) is 0. The number of rotatable bonds is 4. The molecule has 0 saturated carbocycles. The number of nitrogens with zero attached hydrogens (tertiary/aromatic N) is 2. The van der Waals surface area contributed by atoms with E-state index in [-0.39, 0.29) is 5.56 Å². The standard InChI is InChI=1S/C24H16F6N4O/c25-23(26,27)16-7-5-14(6-8-16)20(21-18(24(28,29)30)4-2-12-32-21)34-22(35)33-17-9-10-19-15(13-17)3-1-11-31-19/h1-13,20H,(H2,33,34,35)/t20-/m0/s1. The van der Waals surface area contributed by atoms with E-state index in [4.69, 9.17) is 0 Å². The lowest BCUT2D eigenvalue weighted by Gasteiger charge is -2.23. The smallest absolute Gasteiger partial charge is 0.325 e. The van der Waals surface area contributed by atoms with Crippen molar-refractivity contribution in [2.75, 3.05) is 5.32 Å². The molecule has 2 aromatic carbocycles. The number of nitrogens with one attached hydrogen (secondary N) is 2. The Bertz CT molecular complexity index is 1350. The summed E-state index contributed by atoms with van der Waals surface area (Å²) >= 11 is 0. The predicted octanol–water partition coefficient (Wildman–Crippen LogP) is 6.58. The number of benzene rings is 2. The number of pyridine rings is 2. The zero-order chi connectivity index (χ0) is 25.2. The number of hydrogen-bond donors (Lipinski definition) is 2. The van der Waals surface area contributed by atoms with Gasteiger partial charge in [0, 0.05) is 23.5 Å². The van der Waals surface area contributed by atoms with Crippen molar-refractivity contribution < 1.29 is 31.1 Å². The number of fused-ring (bicyclic) bond motifs is 1. The first-order valence-corrected chi connectivity index (χ1v) is 10.1. The van der Waals surface area contributed by atoms with E-state index in [0.29, 0.717) is 16.6 Å². The topological polar surface area (TPSA) is 66.9 Å². The van der Waals surface area contributed by atoms with E-state index in [1.807, 2.05) is 0 Å². The highest BCUT2D eigenvalue weighted by Crippen LogP contribution is 2.36. The highest BCUT2D eigenvalue weighted by Gasteiger charge is 2.37. The van der Waals surface area contributed by atoms with Gasteiger partial charge < -0.3 is 10.6 Å². The zero-order valence-corrected chi connectivity index (χ0v) is 17.7. The van der Waals surface area contributed by atoms with Crippen LogP contribution in [0.25, 0.3) is 10.9 Å². The third-order valence-electron chi connectivity index (χ3n) is 5.13. The van der Waals surface area contributed by atoms with Crippen molar-refractivity contribution >= 4 is 22.6 Å². The lowest BCUT2D eigenvalue weighted by Crippen LogP contribution is -2.35. The van der Waals surface area contributed by atoms with E-state index in [0.717, 1.165) is 42.6 Å². The Morgan fingerprint density at radius 3 is 2.17 bits per heavy atom. The van der Waals surface area contributed by atoms with E-state index in [9.17, 15) is 31.1 Å². The van der Waals surface area contributed by atoms with Crippen molar-refractivity contribution in [2.45, 2.75) is 18.4 Å². The van der Waals surface area contributed by atoms with Crippen LogP contribution in [0.3, 0.4) is 0 Å². The molecule has 35 heavy (non-hydrogen) atoms. The summed E-state index contributed by atoms with van der Waals surface area (Å²) in [7, 11) is 0. The third-order valence-corrected chi connectivity index (χ3v) is 5.13. The van der Waals surface area contributed by atoms with Crippen molar-refractivity contribution in [2.24, 2.45) is 0 Å². The molecule has 2 amide bonds. The van der Waals surface area contributed by atoms with Crippen LogP contribution < -0.4 is 10.6 Å². The highest BCUT2D eigenvalue weighted by molar-refractivity contribution is 5.93. The van der Waals surface area contributed by atoms with Crippen LogP contribution in [-0.4, -0.2) is 16.0 Å². The summed E-state index contributed by atoms with van der Waals surface area (Å²) in [5.41, 5.74) is -1.67. The summed E-state index contributed by atoms with van der Waals surface area (Å²) < 4.78 is 79.9. The number of aromatic nitrogens is 2. The maximum absolute atomic E-state index is 13.7. The molecular formula is C24H16F6N4O. The van der Waals surface area contributed by atoms with Crippen molar-refractivity contribution in [1.29, 1.82) is 0 Å². The quantitative estimate of drug-likeness (QED) is 0.318. The molecule has 11 heteroatoms. The fraction of sp³-hybridized carbons (Fsp3) is 0.125. The number of amides is 2. The number of alkyl halides is 6. The molecule has 0 aliphatic rings. The largest absolute Gasteiger partial charge is 0.418 e. The second-order valence-electron chi connectivity index (χ2n) is 7.50. The molecule has 0 saturated heterocycles. The number of carbonyl (C=O) groups excluding carboxylic acids is 1. The van der Waals surface area contributed by atoms with Gasteiger partial charge in [-0.25, -0.2) is 4.79 Å². The normalized spacial score (nSPS) is 12.9. The molecule has 0 aliphatic carbocycles. The van der Waals surface area contributed by atoms with Crippen LogP contribution in [-0.2, 0) is 12.4 Å². The van der Waals surface area contributed by atoms with Gasteiger partial charge in [0.2, 0.25) is 0 Å². The van der Waals surface area contributed by atoms with Gasteiger partial charge in [-0.3, -0.25) is 9.97 Å². The average molecular weight is 490 g/mol. The van der Waals surface area contributed by atoms with Gasteiger partial charge in [-0.15, -0.1) is 0 Å². The van der Waals surface area contributed by atoms with Crippen LogP contribution in [0.5, 0.6) is 0 Å². The van der Waals surface area contributed by atoms with Gasteiger partial charge in [-0.1, -0.05) is 18.2 Å². The number of hydrogen-bond acceptors (Lipinski definition) is 3. The molecule has 0 unspecified atom stereocenters. The van der Waals surface area contributed by atoms with Gasteiger partial charge in [-0.2, -0.15) is 26.3 Å². The lowest BCUT2D eigenvalue weighted by atomic mass is 9.98. The van der Waals surface area contributed by atoms with Gasteiger partial charge in [0.25, 0.3) is 0 Å². The summed E-state index contributed by atoms with van der Waals surface area (Å²) in [6.07, 6.45) is -6.73. The van der Waals surface area contributed by atoms with Crippen molar-refractivity contribution in [3.63, 3.8) is 0 Å². The SMILES string of the molecule is O=C(Nc1ccc2ncccc2c1)N[C@@H](c1ccc(C(F)(F)F)cc1)c1ncccc1C(F)(F)F. The average Bonchev–Trinajstić information content (AvgIpc) is 2.81. The zero-order valence-electron chi connectivity index (χ0n) is 17.7. The second kappa shape index (κ2) is 9.24. The van der Waals surface area contributed by atoms with Gasteiger partial charge in [0.15, 0.2) is 0 Å². The summed E-state index contributed by atoms with van der Waals surface area (Å²) in [4.78, 5) is 20.7. The minimum absolute atomic E-state index is 0.0138. The Kier molecular flexibility index (Phi) is 6.33. The molecule has 1 atom stereocenters. The molecule has 0 spiro atoms. The monoisotopic (exact) mass is 490 g/mol. The molecule has 180 valence electrons. The van der Waals surface area contributed by atoms with E-state index >= 15 is 0 Å². The molecule has 0 aliphatic heterocycles. The molecule has 0 fully saturated rings. The number of urea groups is 1. The molecule has 4 aromatic rings. The van der Waals surface area contributed by atoms with Gasteiger partial charge in [0.1, 0.15) is 0 Å². The van der Waals surface area contributed by atoms with Crippen LogP contribution in [0.1, 0.15) is 28.4 Å². The first-order valence-electron chi connectivity index (χ1n) is 10.1. The fourth-order valence-electron chi connectivity index (χ4n) is 3.51. The molecule has 0 bridgehead atoms. The van der Waals surface area contributed by atoms with Crippen molar-refractivity contribution in [3.8, 4) is 0 Å². The predicted molar refractivity (Wildman–Crippen MR) is 116 cm³/mol. The summed E-state index contributed by atoms with van der Waals surface area (Å²) in [5, 5.41) is 5.65. The summed E-state index contributed by atoms with van der Waals surface area (Å²) in [6.45, 7) is 0. The molecule has 2 aromatic heterocycles. The van der Waals surface area contributed by atoms with Crippen LogP contribution >= 0.6 is 0 Å². The lowest BCUT2D eigenvalue weighted by molar-refractivity contribution is -0.139. The minimum atomic E-state index is -4.81. The molecule has 0 radical (unpaired) electrons. The van der Waals surface area contributed by atoms with Crippen LogP contribution in [0, 0.1) is 0 Å². The highest BCUT2D eigenvalue weighted by atomic mass is 19.4. The molecule has 4 rings (SSSR count). The van der Waals surface area contributed by atoms with E-state index in [1.165, 1.54) is 0 Å². The third kappa shape index (κ3) is 5.51. The van der Waals surface area contributed by atoms with Crippen LogP contribution in [0.2, 0.25) is 0 Å².